The molecule has 0 bridgehead atoms. The second-order valence-corrected chi connectivity index (χ2v) is 4.91. The van der Waals surface area contributed by atoms with Crippen LogP contribution in [-0.2, 0) is 6.42 Å². The quantitative estimate of drug-likeness (QED) is 0.853. The highest BCUT2D eigenvalue weighted by Crippen LogP contribution is 2.19. The normalized spacial score (nSPS) is 12.8. The molecule has 0 fully saturated rings. The van der Waals surface area contributed by atoms with Crippen LogP contribution < -0.4 is 10.6 Å². The average Bonchev–Trinajstić information content (AvgIpc) is 2.26. The van der Waals surface area contributed by atoms with Crippen molar-refractivity contribution >= 4 is 11.6 Å². The maximum absolute atomic E-state index is 5.83. The molecule has 0 saturated heterocycles. The summed E-state index contributed by atoms with van der Waals surface area (Å²) < 4.78 is 0. The Hall–Kier alpha value is -1.32. The van der Waals surface area contributed by atoms with Gasteiger partial charge in [0.05, 0.1) is 0 Å². The van der Waals surface area contributed by atoms with Gasteiger partial charge in [-0.3, -0.25) is 0 Å². The zero-order valence-corrected chi connectivity index (χ0v) is 11.6. The van der Waals surface area contributed by atoms with Crippen LogP contribution in [0.25, 0.3) is 0 Å². The Labute approximate surface area is 104 Å². The predicted octanol–water partition coefficient (Wildman–Crippen LogP) is 2.49. The summed E-state index contributed by atoms with van der Waals surface area (Å²) in [5.74, 6) is 2.89. The molecule has 0 spiro atoms. The van der Waals surface area contributed by atoms with Crippen LogP contribution in [0.1, 0.15) is 39.9 Å². The van der Waals surface area contributed by atoms with Crippen LogP contribution in [-0.4, -0.2) is 23.1 Å². The summed E-state index contributed by atoms with van der Waals surface area (Å²) in [7, 11) is 2.06. The third-order valence-electron chi connectivity index (χ3n) is 3.19. The molecule has 2 N–H and O–H groups in total. The van der Waals surface area contributed by atoms with Crippen LogP contribution in [0.5, 0.6) is 0 Å². The molecule has 0 amide bonds. The topological polar surface area (TPSA) is 55.0 Å². The van der Waals surface area contributed by atoms with Crippen molar-refractivity contribution in [2.45, 2.75) is 46.6 Å². The largest absolute Gasteiger partial charge is 0.384 e. The van der Waals surface area contributed by atoms with E-state index in [1.807, 2.05) is 6.07 Å². The van der Waals surface area contributed by atoms with Gasteiger partial charge in [-0.15, -0.1) is 0 Å². The Kier molecular flexibility index (Phi) is 4.73. The van der Waals surface area contributed by atoms with Gasteiger partial charge in [-0.05, 0) is 19.3 Å². The van der Waals surface area contributed by atoms with Crippen molar-refractivity contribution in [3.63, 3.8) is 0 Å². The van der Waals surface area contributed by atoms with Crippen molar-refractivity contribution in [1.29, 1.82) is 0 Å². The molecule has 0 radical (unpaired) electrons. The molecule has 0 aliphatic rings. The fourth-order valence-electron chi connectivity index (χ4n) is 1.68. The molecule has 1 rings (SSSR count). The lowest BCUT2D eigenvalue weighted by Gasteiger charge is -2.29. The van der Waals surface area contributed by atoms with Crippen LogP contribution in [0, 0.1) is 5.92 Å². The number of nitrogen functional groups attached to an aromatic ring is 1. The number of hydrogen-bond acceptors (Lipinski definition) is 4. The number of hydrogen-bond donors (Lipinski definition) is 1. The van der Waals surface area contributed by atoms with Gasteiger partial charge in [0.15, 0.2) is 0 Å². The van der Waals surface area contributed by atoms with Gasteiger partial charge in [0.25, 0.3) is 0 Å². The molecule has 17 heavy (non-hydrogen) atoms. The third-order valence-corrected chi connectivity index (χ3v) is 3.19. The molecule has 1 unspecified atom stereocenters. The number of rotatable bonds is 5. The summed E-state index contributed by atoms with van der Waals surface area (Å²) in [6, 6.07) is 2.27. The van der Waals surface area contributed by atoms with Gasteiger partial charge < -0.3 is 10.6 Å². The van der Waals surface area contributed by atoms with E-state index in [-0.39, 0.29) is 0 Å². The first-order valence-electron chi connectivity index (χ1n) is 6.32. The molecule has 1 heterocycles. The summed E-state index contributed by atoms with van der Waals surface area (Å²) in [5.41, 5.74) is 5.83. The highest BCUT2D eigenvalue weighted by atomic mass is 15.2. The van der Waals surface area contributed by atoms with E-state index in [2.05, 4.69) is 49.6 Å². The van der Waals surface area contributed by atoms with E-state index in [4.69, 9.17) is 5.73 Å². The van der Waals surface area contributed by atoms with Gasteiger partial charge in [-0.1, -0.05) is 20.8 Å². The fraction of sp³-hybridized carbons (Fsp3) is 0.692. The zero-order valence-electron chi connectivity index (χ0n) is 11.6. The maximum atomic E-state index is 5.83. The summed E-state index contributed by atoms with van der Waals surface area (Å²) >= 11 is 0. The predicted molar refractivity (Wildman–Crippen MR) is 73.1 cm³/mol. The molecular formula is C13H24N4. The number of aryl methyl sites for hydroxylation is 1. The van der Waals surface area contributed by atoms with E-state index < -0.39 is 0 Å². The molecule has 96 valence electrons. The minimum Gasteiger partial charge on any atom is -0.384 e. The van der Waals surface area contributed by atoms with E-state index in [1.165, 1.54) is 0 Å². The molecule has 0 aliphatic heterocycles. The minimum absolute atomic E-state index is 0.429. The molecule has 4 nitrogen and oxygen atoms in total. The van der Waals surface area contributed by atoms with Crippen molar-refractivity contribution in [3.8, 4) is 0 Å². The van der Waals surface area contributed by atoms with Crippen LogP contribution in [0.3, 0.4) is 0 Å². The van der Waals surface area contributed by atoms with Crippen LogP contribution >= 0.6 is 0 Å². The summed E-state index contributed by atoms with van der Waals surface area (Å²) in [4.78, 5) is 11.0. The molecule has 1 aromatic heterocycles. The molecule has 0 aliphatic carbocycles. The standard InChI is InChI=1S/C13H24N4/c1-6-7-12-15-11(14)8-13(16-12)17(5)10(4)9(2)3/h8-10H,6-7H2,1-5H3,(H2,14,15,16). The highest BCUT2D eigenvalue weighted by Gasteiger charge is 2.15. The van der Waals surface area contributed by atoms with E-state index in [1.54, 1.807) is 0 Å². The Morgan fingerprint density at radius 3 is 2.47 bits per heavy atom. The van der Waals surface area contributed by atoms with Gasteiger partial charge in [-0.2, -0.15) is 0 Å². The van der Waals surface area contributed by atoms with Crippen molar-refractivity contribution in [2.24, 2.45) is 5.92 Å². The smallest absolute Gasteiger partial charge is 0.134 e. The third kappa shape index (κ3) is 3.58. The van der Waals surface area contributed by atoms with Crippen LogP contribution in [0.2, 0.25) is 0 Å². The number of nitrogens with two attached hydrogens (primary N) is 1. The molecule has 1 atom stereocenters. The van der Waals surface area contributed by atoms with Gasteiger partial charge in [0.2, 0.25) is 0 Å². The second-order valence-electron chi connectivity index (χ2n) is 4.91. The number of aromatic nitrogens is 2. The molecule has 4 heteroatoms. The first kappa shape index (κ1) is 13.7. The SMILES string of the molecule is CCCc1nc(N)cc(N(C)C(C)C(C)C)n1. The van der Waals surface area contributed by atoms with E-state index in [0.29, 0.717) is 17.8 Å². The Balaban J connectivity index is 2.96. The first-order chi connectivity index (χ1) is 7.95. The highest BCUT2D eigenvalue weighted by molar-refractivity contribution is 5.47. The van der Waals surface area contributed by atoms with Gasteiger partial charge in [0, 0.05) is 25.6 Å². The van der Waals surface area contributed by atoms with Crippen molar-refractivity contribution in [2.75, 3.05) is 17.7 Å². The lowest BCUT2D eigenvalue weighted by molar-refractivity contribution is 0.502. The Morgan fingerprint density at radius 1 is 1.29 bits per heavy atom. The molecule has 0 saturated carbocycles. The Bertz CT molecular complexity index is 362. The average molecular weight is 236 g/mol. The lowest BCUT2D eigenvalue weighted by Crippen LogP contribution is -2.34. The van der Waals surface area contributed by atoms with Crippen LogP contribution in [0.15, 0.2) is 6.07 Å². The van der Waals surface area contributed by atoms with Crippen molar-refractivity contribution in [1.82, 2.24) is 9.97 Å². The van der Waals surface area contributed by atoms with Gasteiger partial charge in [0.1, 0.15) is 17.5 Å². The number of nitrogens with zero attached hydrogens (tertiary/aromatic N) is 3. The number of anilines is 2. The lowest BCUT2D eigenvalue weighted by atomic mass is 10.1. The molecule has 1 aromatic rings. The van der Waals surface area contributed by atoms with E-state index in [0.717, 1.165) is 24.5 Å². The summed E-state index contributed by atoms with van der Waals surface area (Å²) in [6.45, 7) is 8.73. The van der Waals surface area contributed by atoms with Gasteiger partial charge in [-0.25, -0.2) is 9.97 Å². The monoisotopic (exact) mass is 236 g/mol. The Morgan fingerprint density at radius 2 is 1.94 bits per heavy atom. The maximum Gasteiger partial charge on any atom is 0.134 e. The summed E-state index contributed by atoms with van der Waals surface area (Å²) in [6.07, 6.45) is 1.91. The zero-order chi connectivity index (χ0) is 13.0. The summed E-state index contributed by atoms with van der Waals surface area (Å²) in [5, 5.41) is 0. The van der Waals surface area contributed by atoms with Crippen LogP contribution in [0.4, 0.5) is 11.6 Å². The van der Waals surface area contributed by atoms with E-state index >= 15 is 0 Å². The fourth-order valence-corrected chi connectivity index (χ4v) is 1.68. The van der Waals surface area contributed by atoms with Crippen molar-refractivity contribution in [3.05, 3.63) is 11.9 Å². The van der Waals surface area contributed by atoms with E-state index in [9.17, 15) is 0 Å². The molecule has 0 aromatic carbocycles. The van der Waals surface area contributed by atoms with Gasteiger partial charge >= 0.3 is 0 Å². The van der Waals surface area contributed by atoms with Crippen molar-refractivity contribution < 1.29 is 0 Å². The molecular weight excluding hydrogens is 212 g/mol. The minimum atomic E-state index is 0.429. The first-order valence-corrected chi connectivity index (χ1v) is 6.32. The second kappa shape index (κ2) is 5.84.